The summed E-state index contributed by atoms with van der Waals surface area (Å²) in [6, 6.07) is 12.4. The Morgan fingerprint density at radius 1 is 1.16 bits per heavy atom. The summed E-state index contributed by atoms with van der Waals surface area (Å²) in [5.74, 6) is -0.675. The molecule has 0 spiro atoms. The number of halogens is 1. The van der Waals surface area contributed by atoms with Crippen molar-refractivity contribution in [2.24, 2.45) is 0 Å². The second-order valence-electron chi connectivity index (χ2n) is 5.86. The van der Waals surface area contributed by atoms with E-state index in [4.69, 9.17) is 11.6 Å². The third-order valence-electron chi connectivity index (χ3n) is 3.82. The number of hydrogen-bond donors (Lipinski definition) is 1. The summed E-state index contributed by atoms with van der Waals surface area (Å²) in [5, 5.41) is 3.14. The van der Waals surface area contributed by atoms with Crippen LogP contribution in [0.15, 0.2) is 42.5 Å². The molecule has 0 aliphatic rings. The number of benzene rings is 2. The SMILES string of the molecule is Cc1cc(C)c(NC(=O)CCS(=O)(=O)N(C)c2ccccc2)c(Cl)c1. The highest BCUT2D eigenvalue weighted by molar-refractivity contribution is 7.92. The van der Waals surface area contributed by atoms with Gasteiger partial charge in [-0.25, -0.2) is 8.42 Å². The monoisotopic (exact) mass is 380 g/mol. The van der Waals surface area contributed by atoms with Crippen molar-refractivity contribution in [3.8, 4) is 0 Å². The van der Waals surface area contributed by atoms with E-state index in [1.807, 2.05) is 26.0 Å². The maximum Gasteiger partial charge on any atom is 0.235 e. The van der Waals surface area contributed by atoms with Gasteiger partial charge in [0.25, 0.3) is 0 Å². The number of nitrogens with one attached hydrogen (secondary N) is 1. The van der Waals surface area contributed by atoms with Gasteiger partial charge in [-0.3, -0.25) is 9.10 Å². The first-order chi connectivity index (χ1) is 11.7. The molecule has 0 aliphatic heterocycles. The van der Waals surface area contributed by atoms with Crippen LogP contribution in [0.3, 0.4) is 0 Å². The summed E-state index contributed by atoms with van der Waals surface area (Å²) in [6.45, 7) is 3.75. The number of hydrogen-bond acceptors (Lipinski definition) is 3. The predicted molar refractivity (Wildman–Crippen MR) is 103 cm³/mol. The van der Waals surface area contributed by atoms with Crippen LogP contribution < -0.4 is 9.62 Å². The van der Waals surface area contributed by atoms with E-state index < -0.39 is 10.0 Å². The second-order valence-corrected chi connectivity index (χ2v) is 8.38. The first-order valence-corrected chi connectivity index (χ1v) is 9.77. The van der Waals surface area contributed by atoms with E-state index in [-0.39, 0.29) is 18.1 Å². The van der Waals surface area contributed by atoms with E-state index >= 15 is 0 Å². The molecule has 0 saturated heterocycles. The second kappa shape index (κ2) is 7.89. The highest BCUT2D eigenvalue weighted by Gasteiger charge is 2.20. The first-order valence-electron chi connectivity index (χ1n) is 7.79. The largest absolute Gasteiger partial charge is 0.325 e. The molecule has 0 radical (unpaired) electrons. The Hall–Kier alpha value is -2.05. The lowest BCUT2D eigenvalue weighted by molar-refractivity contribution is -0.115. The fraction of sp³-hybridized carbons (Fsp3) is 0.278. The Morgan fingerprint density at radius 2 is 1.80 bits per heavy atom. The van der Waals surface area contributed by atoms with Gasteiger partial charge in [0.2, 0.25) is 15.9 Å². The van der Waals surface area contributed by atoms with Gasteiger partial charge >= 0.3 is 0 Å². The van der Waals surface area contributed by atoms with Crippen LogP contribution in [0.2, 0.25) is 5.02 Å². The maximum absolute atomic E-state index is 12.4. The molecule has 2 aromatic rings. The lowest BCUT2D eigenvalue weighted by Gasteiger charge is -2.19. The number of carbonyl (C=O) groups is 1. The van der Waals surface area contributed by atoms with Gasteiger partial charge < -0.3 is 5.32 Å². The number of rotatable bonds is 6. The molecule has 0 saturated carbocycles. The normalized spacial score (nSPS) is 11.2. The Morgan fingerprint density at radius 3 is 2.40 bits per heavy atom. The third kappa shape index (κ3) is 4.96. The molecular formula is C18H21ClN2O3S. The van der Waals surface area contributed by atoms with Gasteiger partial charge in [-0.05, 0) is 43.2 Å². The minimum Gasteiger partial charge on any atom is -0.325 e. The molecule has 1 amide bonds. The van der Waals surface area contributed by atoms with Crippen molar-refractivity contribution in [3.05, 3.63) is 58.6 Å². The van der Waals surface area contributed by atoms with E-state index in [0.717, 1.165) is 11.1 Å². The predicted octanol–water partition coefficient (Wildman–Crippen LogP) is 3.75. The minimum atomic E-state index is -3.59. The maximum atomic E-state index is 12.4. The van der Waals surface area contributed by atoms with Crippen molar-refractivity contribution in [1.82, 2.24) is 0 Å². The van der Waals surface area contributed by atoms with Crippen LogP contribution in [0.1, 0.15) is 17.5 Å². The molecule has 25 heavy (non-hydrogen) atoms. The van der Waals surface area contributed by atoms with Gasteiger partial charge in [0.15, 0.2) is 0 Å². The van der Waals surface area contributed by atoms with Crippen molar-refractivity contribution in [1.29, 1.82) is 0 Å². The smallest absolute Gasteiger partial charge is 0.235 e. The average Bonchev–Trinajstić information content (AvgIpc) is 2.56. The molecule has 7 heteroatoms. The van der Waals surface area contributed by atoms with Crippen LogP contribution in [0.5, 0.6) is 0 Å². The lowest BCUT2D eigenvalue weighted by Crippen LogP contribution is -2.30. The van der Waals surface area contributed by atoms with E-state index in [9.17, 15) is 13.2 Å². The number of aryl methyl sites for hydroxylation is 2. The molecule has 0 aliphatic carbocycles. The molecule has 134 valence electrons. The Balaban J connectivity index is 2.02. The summed E-state index contributed by atoms with van der Waals surface area (Å²) in [5.41, 5.74) is 2.90. The lowest BCUT2D eigenvalue weighted by atomic mass is 10.1. The van der Waals surface area contributed by atoms with Gasteiger partial charge in [-0.2, -0.15) is 0 Å². The highest BCUT2D eigenvalue weighted by Crippen LogP contribution is 2.27. The van der Waals surface area contributed by atoms with Crippen LogP contribution >= 0.6 is 11.6 Å². The summed E-state index contributed by atoms with van der Waals surface area (Å²) >= 11 is 6.16. The van der Waals surface area contributed by atoms with Crippen LogP contribution in [0.25, 0.3) is 0 Å². The van der Waals surface area contributed by atoms with Crippen LogP contribution in [0.4, 0.5) is 11.4 Å². The molecule has 0 atom stereocenters. The van der Waals surface area contributed by atoms with Crippen LogP contribution in [-0.4, -0.2) is 27.1 Å². The zero-order chi connectivity index (χ0) is 18.6. The molecular weight excluding hydrogens is 360 g/mol. The number of para-hydroxylation sites is 1. The summed E-state index contributed by atoms with van der Waals surface area (Å²) < 4.78 is 26.0. The van der Waals surface area contributed by atoms with E-state index in [0.29, 0.717) is 16.4 Å². The van der Waals surface area contributed by atoms with Crippen molar-refractivity contribution < 1.29 is 13.2 Å². The fourth-order valence-corrected chi connectivity index (χ4v) is 3.96. The number of sulfonamides is 1. The Kier molecular flexibility index (Phi) is 6.08. The first kappa shape index (κ1) is 19.3. The molecule has 2 aromatic carbocycles. The zero-order valence-corrected chi connectivity index (χ0v) is 16.0. The molecule has 0 fully saturated rings. The summed E-state index contributed by atoms with van der Waals surface area (Å²) in [4.78, 5) is 12.2. The summed E-state index contributed by atoms with van der Waals surface area (Å²) in [6.07, 6.45) is -0.150. The van der Waals surface area contributed by atoms with Crippen LogP contribution in [0, 0.1) is 13.8 Å². The van der Waals surface area contributed by atoms with Gasteiger partial charge in [-0.1, -0.05) is 35.9 Å². The molecule has 0 unspecified atom stereocenters. The highest BCUT2D eigenvalue weighted by atomic mass is 35.5. The van der Waals surface area contributed by atoms with E-state index in [1.54, 1.807) is 30.3 Å². The van der Waals surface area contributed by atoms with E-state index in [1.165, 1.54) is 11.4 Å². The Labute approximate surface area is 153 Å². The van der Waals surface area contributed by atoms with Gasteiger partial charge in [0, 0.05) is 13.5 Å². The number of nitrogens with zero attached hydrogens (tertiary/aromatic N) is 1. The average molecular weight is 381 g/mol. The van der Waals surface area contributed by atoms with Crippen molar-refractivity contribution in [2.45, 2.75) is 20.3 Å². The molecule has 0 heterocycles. The molecule has 0 aromatic heterocycles. The molecule has 0 bridgehead atoms. The van der Waals surface area contributed by atoms with Gasteiger partial charge in [0.1, 0.15) is 0 Å². The summed E-state index contributed by atoms with van der Waals surface area (Å²) in [7, 11) is -2.11. The zero-order valence-electron chi connectivity index (χ0n) is 14.4. The van der Waals surface area contributed by atoms with Crippen molar-refractivity contribution in [2.75, 3.05) is 22.4 Å². The third-order valence-corrected chi connectivity index (χ3v) is 5.88. The Bertz CT molecular complexity index is 844. The fourth-order valence-electron chi connectivity index (χ4n) is 2.43. The van der Waals surface area contributed by atoms with Crippen molar-refractivity contribution >= 4 is 38.9 Å². The number of amides is 1. The molecule has 2 rings (SSSR count). The quantitative estimate of drug-likeness (QED) is 0.829. The molecule has 1 N–H and O–H groups in total. The van der Waals surface area contributed by atoms with Crippen molar-refractivity contribution in [3.63, 3.8) is 0 Å². The molecule has 5 nitrogen and oxygen atoms in total. The minimum absolute atomic E-state index is 0.150. The topological polar surface area (TPSA) is 66.5 Å². The number of anilines is 2. The van der Waals surface area contributed by atoms with Crippen LogP contribution in [-0.2, 0) is 14.8 Å². The van der Waals surface area contributed by atoms with E-state index in [2.05, 4.69) is 5.32 Å². The van der Waals surface area contributed by atoms with Gasteiger partial charge in [0.05, 0.1) is 22.2 Å². The number of carbonyl (C=O) groups excluding carboxylic acids is 1. The van der Waals surface area contributed by atoms with Gasteiger partial charge in [-0.15, -0.1) is 0 Å². The standard InChI is InChI=1S/C18H21ClN2O3S/c1-13-11-14(2)18(16(19)12-13)20-17(22)9-10-25(23,24)21(3)15-7-5-4-6-8-15/h4-8,11-12H,9-10H2,1-3H3,(H,20,22).